The Bertz CT molecular complexity index is 739. The van der Waals surface area contributed by atoms with Crippen molar-refractivity contribution in [2.24, 2.45) is 0 Å². The molecule has 1 saturated heterocycles. The van der Waals surface area contributed by atoms with Crippen molar-refractivity contribution in [3.05, 3.63) is 24.1 Å². The number of anilines is 1. The third-order valence-corrected chi connectivity index (χ3v) is 5.05. The van der Waals surface area contributed by atoms with Crippen LogP contribution in [0.3, 0.4) is 0 Å². The summed E-state index contributed by atoms with van der Waals surface area (Å²) in [5.41, 5.74) is 0. The molecule has 0 bridgehead atoms. The lowest BCUT2D eigenvalue weighted by atomic mass is 9.97. The van der Waals surface area contributed by atoms with Crippen LogP contribution in [0, 0.1) is 0 Å². The Kier molecular flexibility index (Phi) is 3.33. The maximum Gasteiger partial charge on any atom is 0.229 e. The van der Waals surface area contributed by atoms with E-state index >= 15 is 0 Å². The zero-order valence-corrected chi connectivity index (χ0v) is 13.5. The van der Waals surface area contributed by atoms with Crippen LogP contribution in [-0.2, 0) is 0 Å². The van der Waals surface area contributed by atoms with E-state index in [9.17, 15) is 0 Å². The van der Waals surface area contributed by atoms with Crippen molar-refractivity contribution in [2.75, 3.05) is 18.0 Å². The van der Waals surface area contributed by atoms with Gasteiger partial charge in [0, 0.05) is 31.1 Å². The molecule has 0 unspecified atom stereocenters. The molecule has 0 spiro atoms. The smallest absolute Gasteiger partial charge is 0.229 e. The van der Waals surface area contributed by atoms with E-state index in [0.29, 0.717) is 11.8 Å². The molecule has 0 amide bonds. The Morgan fingerprint density at radius 3 is 2.82 bits per heavy atom. The minimum Gasteiger partial charge on any atom is -0.347 e. The van der Waals surface area contributed by atoms with Gasteiger partial charge >= 0.3 is 0 Å². The van der Waals surface area contributed by atoms with Crippen LogP contribution in [0.25, 0.3) is 4.96 Å². The summed E-state index contributed by atoms with van der Waals surface area (Å²) in [5, 5.41) is 9.67. The van der Waals surface area contributed by atoms with E-state index in [1.165, 1.54) is 0 Å². The Balaban J connectivity index is 1.44. The van der Waals surface area contributed by atoms with Gasteiger partial charge in [-0.1, -0.05) is 30.3 Å². The number of hydrogen-bond acceptors (Lipinski definition) is 7. The van der Waals surface area contributed by atoms with Crippen LogP contribution in [0.5, 0.6) is 0 Å². The second-order valence-electron chi connectivity index (χ2n) is 5.95. The molecular weight excluding hydrogens is 300 g/mol. The van der Waals surface area contributed by atoms with Gasteiger partial charge in [0.15, 0.2) is 5.82 Å². The Labute approximate surface area is 132 Å². The van der Waals surface area contributed by atoms with E-state index < -0.39 is 0 Å². The van der Waals surface area contributed by atoms with Gasteiger partial charge in [0.05, 0.1) is 6.20 Å². The van der Waals surface area contributed by atoms with Gasteiger partial charge in [-0.2, -0.15) is 4.98 Å². The monoisotopic (exact) mass is 318 g/mol. The predicted molar refractivity (Wildman–Crippen MR) is 83.4 cm³/mol. The zero-order chi connectivity index (χ0) is 15.1. The summed E-state index contributed by atoms with van der Waals surface area (Å²) in [4.78, 5) is 12.1. The molecule has 1 aliphatic heterocycles. The number of nitrogens with zero attached hydrogens (tertiary/aromatic N) is 6. The van der Waals surface area contributed by atoms with Gasteiger partial charge in [-0.05, 0) is 12.8 Å². The molecule has 0 aromatic carbocycles. The summed E-state index contributed by atoms with van der Waals surface area (Å²) in [7, 11) is 0. The molecule has 1 fully saturated rings. The molecule has 0 atom stereocenters. The molecule has 116 valence electrons. The SMILES string of the molecule is CC(C)c1noc(C2CCN(c3nn4ccnc4s3)CC2)n1. The zero-order valence-electron chi connectivity index (χ0n) is 12.6. The molecule has 1 aliphatic rings. The third kappa shape index (κ3) is 2.37. The Hall–Kier alpha value is -1.96. The minimum absolute atomic E-state index is 0.309. The second-order valence-corrected chi connectivity index (χ2v) is 6.88. The first-order chi connectivity index (χ1) is 10.7. The van der Waals surface area contributed by atoms with Crippen LogP contribution >= 0.6 is 11.3 Å². The van der Waals surface area contributed by atoms with Crippen LogP contribution in [0.2, 0.25) is 0 Å². The minimum atomic E-state index is 0.309. The number of fused-ring (bicyclic) bond motifs is 1. The molecule has 3 aromatic rings. The standard InChI is InChI=1S/C14H18N6OS/c1-9(2)11-16-12(21-18-11)10-3-6-19(7-4-10)14-17-20-8-5-15-13(20)22-14/h5,8-10H,3-4,6-7H2,1-2H3. The fraction of sp³-hybridized carbons (Fsp3) is 0.571. The summed E-state index contributed by atoms with van der Waals surface area (Å²) in [6, 6.07) is 0. The summed E-state index contributed by atoms with van der Waals surface area (Å²) in [5.74, 6) is 2.26. The van der Waals surface area contributed by atoms with Crippen LogP contribution in [0.15, 0.2) is 16.9 Å². The fourth-order valence-corrected chi connectivity index (χ4v) is 3.63. The van der Waals surface area contributed by atoms with Crippen molar-refractivity contribution in [1.82, 2.24) is 24.7 Å². The first-order valence-electron chi connectivity index (χ1n) is 7.59. The first-order valence-corrected chi connectivity index (χ1v) is 8.41. The highest BCUT2D eigenvalue weighted by molar-refractivity contribution is 7.20. The maximum absolute atomic E-state index is 5.44. The molecule has 8 heteroatoms. The van der Waals surface area contributed by atoms with Crippen LogP contribution in [-0.4, -0.2) is 37.8 Å². The normalized spacial score (nSPS) is 17.0. The molecular formula is C14H18N6OS. The lowest BCUT2D eigenvalue weighted by molar-refractivity contribution is 0.326. The molecule has 4 rings (SSSR count). The predicted octanol–water partition coefficient (Wildman–Crippen LogP) is 2.68. The number of piperidine rings is 1. The molecule has 3 aromatic heterocycles. The van der Waals surface area contributed by atoms with Gasteiger partial charge in [-0.15, -0.1) is 5.10 Å². The van der Waals surface area contributed by atoms with Crippen LogP contribution in [0.1, 0.15) is 50.2 Å². The number of aromatic nitrogens is 5. The van der Waals surface area contributed by atoms with Crippen LogP contribution < -0.4 is 4.90 Å². The van der Waals surface area contributed by atoms with Gasteiger partial charge in [0.25, 0.3) is 0 Å². The Morgan fingerprint density at radius 2 is 2.14 bits per heavy atom. The van der Waals surface area contributed by atoms with Gasteiger partial charge < -0.3 is 9.42 Å². The first kappa shape index (κ1) is 13.7. The van der Waals surface area contributed by atoms with E-state index in [2.05, 4.69) is 39.0 Å². The average Bonchev–Trinajstić information content (AvgIpc) is 3.22. The molecule has 0 aliphatic carbocycles. The highest BCUT2D eigenvalue weighted by Crippen LogP contribution is 2.31. The Morgan fingerprint density at radius 1 is 1.32 bits per heavy atom. The molecule has 0 radical (unpaired) electrons. The van der Waals surface area contributed by atoms with Crippen molar-refractivity contribution in [1.29, 1.82) is 0 Å². The summed E-state index contributed by atoms with van der Waals surface area (Å²) >= 11 is 1.63. The van der Waals surface area contributed by atoms with E-state index in [1.807, 2.05) is 10.7 Å². The van der Waals surface area contributed by atoms with Crippen molar-refractivity contribution >= 4 is 21.4 Å². The number of rotatable bonds is 3. The van der Waals surface area contributed by atoms with E-state index in [-0.39, 0.29) is 0 Å². The highest BCUT2D eigenvalue weighted by Gasteiger charge is 2.27. The van der Waals surface area contributed by atoms with Crippen molar-refractivity contribution in [3.8, 4) is 0 Å². The number of hydrogen-bond donors (Lipinski definition) is 0. The molecule has 0 saturated carbocycles. The van der Waals surface area contributed by atoms with E-state index in [1.54, 1.807) is 17.5 Å². The highest BCUT2D eigenvalue weighted by atomic mass is 32.1. The summed E-state index contributed by atoms with van der Waals surface area (Å²) in [6.45, 7) is 6.08. The van der Waals surface area contributed by atoms with Crippen molar-refractivity contribution < 1.29 is 4.52 Å². The summed E-state index contributed by atoms with van der Waals surface area (Å²) < 4.78 is 7.27. The lowest BCUT2D eigenvalue weighted by Gasteiger charge is -2.29. The summed E-state index contributed by atoms with van der Waals surface area (Å²) in [6.07, 6.45) is 5.69. The van der Waals surface area contributed by atoms with Crippen LogP contribution in [0.4, 0.5) is 5.13 Å². The molecule has 0 N–H and O–H groups in total. The van der Waals surface area contributed by atoms with Crippen molar-refractivity contribution in [2.45, 2.75) is 38.5 Å². The molecule has 7 nitrogen and oxygen atoms in total. The van der Waals surface area contributed by atoms with E-state index in [0.717, 1.165) is 47.7 Å². The average molecular weight is 318 g/mol. The van der Waals surface area contributed by atoms with Gasteiger partial charge in [0.1, 0.15) is 0 Å². The van der Waals surface area contributed by atoms with Crippen molar-refractivity contribution in [3.63, 3.8) is 0 Å². The maximum atomic E-state index is 5.44. The largest absolute Gasteiger partial charge is 0.347 e. The van der Waals surface area contributed by atoms with Gasteiger partial charge in [0.2, 0.25) is 16.0 Å². The number of imidazole rings is 1. The van der Waals surface area contributed by atoms with Gasteiger partial charge in [-0.3, -0.25) is 0 Å². The van der Waals surface area contributed by atoms with E-state index in [4.69, 9.17) is 4.52 Å². The fourth-order valence-electron chi connectivity index (χ4n) is 2.72. The quantitative estimate of drug-likeness (QED) is 0.739. The third-order valence-electron chi connectivity index (χ3n) is 4.05. The molecule has 22 heavy (non-hydrogen) atoms. The second kappa shape index (κ2) is 5.35. The van der Waals surface area contributed by atoms with Gasteiger partial charge in [-0.25, -0.2) is 9.50 Å². The topological polar surface area (TPSA) is 72.4 Å². The molecule has 4 heterocycles. The lowest BCUT2D eigenvalue weighted by Crippen LogP contribution is -2.33.